The molecule has 1 amide bonds. The third kappa shape index (κ3) is 6.45. The molecule has 1 aliphatic rings. The van der Waals surface area contributed by atoms with Crippen molar-refractivity contribution < 1.29 is 17.6 Å². The van der Waals surface area contributed by atoms with Gasteiger partial charge in [-0.15, -0.1) is 0 Å². The van der Waals surface area contributed by atoms with Crippen LogP contribution in [0.2, 0.25) is 0 Å². The summed E-state index contributed by atoms with van der Waals surface area (Å²) >= 11 is 0. The van der Waals surface area contributed by atoms with Crippen LogP contribution in [-0.4, -0.2) is 56.0 Å². The van der Waals surface area contributed by atoms with Gasteiger partial charge in [0, 0.05) is 26.6 Å². The van der Waals surface area contributed by atoms with Crippen molar-refractivity contribution in [3.8, 4) is 0 Å². The average Bonchev–Trinajstić information content (AvgIpc) is 2.95. The van der Waals surface area contributed by atoms with Crippen molar-refractivity contribution >= 4 is 15.9 Å². The van der Waals surface area contributed by atoms with E-state index in [0.29, 0.717) is 24.9 Å². The number of hydrogen-bond donors (Lipinski definition) is 1. The number of sulfonamides is 1. The minimum Gasteiger partial charge on any atom is -0.463 e. The number of nitrogens with one attached hydrogen (secondary N) is 1. The van der Waals surface area contributed by atoms with Gasteiger partial charge in [-0.1, -0.05) is 6.42 Å². The molecule has 1 N–H and O–H groups in total. The van der Waals surface area contributed by atoms with Gasteiger partial charge in [-0.05, 0) is 37.9 Å². The number of nitrogens with zero attached hydrogens (tertiary/aromatic N) is 2. The summed E-state index contributed by atoms with van der Waals surface area (Å²) in [7, 11) is -1.67. The number of carbonyl (C=O) groups is 1. The predicted octanol–water partition coefficient (Wildman–Crippen LogP) is 1.55. The third-order valence-corrected chi connectivity index (χ3v) is 5.88. The van der Waals surface area contributed by atoms with Crippen molar-refractivity contribution in [3.63, 3.8) is 0 Å². The summed E-state index contributed by atoms with van der Waals surface area (Å²) in [5.74, 6) is 1.51. The first-order chi connectivity index (χ1) is 11.8. The van der Waals surface area contributed by atoms with Gasteiger partial charge in [0.15, 0.2) is 0 Å². The van der Waals surface area contributed by atoms with Gasteiger partial charge in [-0.25, -0.2) is 8.42 Å². The Balaban J connectivity index is 1.92. The molecule has 1 atom stereocenters. The molecule has 8 heteroatoms. The first-order valence-corrected chi connectivity index (χ1v) is 10.6. The second-order valence-corrected chi connectivity index (χ2v) is 8.87. The zero-order valence-electron chi connectivity index (χ0n) is 15.3. The van der Waals surface area contributed by atoms with Crippen molar-refractivity contribution in [2.75, 3.05) is 26.4 Å². The summed E-state index contributed by atoms with van der Waals surface area (Å²) in [6, 6.07) is 4.20. The summed E-state index contributed by atoms with van der Waals surface area (Å²) in [6.45, 7) is 4.21. The number of likely N-dealkylation sites (tertiary alicyclic amines) is 1. The van der Waals surface area contributed by atoms with E-state index in [-0.39, 0.29) is 12.5 Å². The molecule has 1 fully saturated rings. The van der Waals surface area contributed by atoms with Gasteiger partial charge < -0.3 is 9.73 Å². The molecule has 25 heavy (non-hydrogen) atoms. The van der Waals surface area contributed by atoms with Crippen molar-refractivity contribution in [2.24, 2.45) is 0 Å². The molecule has 0 spiro atoms. The molecule has 1 saturated heterocycles. The lowest BCUT2D eigenvalue weighted by Gasteiger charge is -2.35. The van der Waals surface area contributed by atoms with Crippen molar-refractivity contribution in [2.45, 2.75) is 51.7 Å². The first-order valence-electron chi connectivity index (χ1n) is 8.73. The van der Waals surface area contributed by atoms with Crippen LogP contribution in [0.1, 0.15) is 44.1 Å². The van der Waals surface area contributed by atoms with Crippen LogP contribution < -0.4 is 5.32 Å². The van der Waals surface area contributed by atoms with Crippen molar-refractivity contribution in [1.29, 1.82) is 0 Å². The zero-order valence-corrected chi connectivity index (χ0v) is 16.1. The molecule has 2 heterocycles. The largest absolute Gasteiger partial charge is 0.463 e. The number of piperidine rings is 1. The Labute approximate surface area is 150 Å². The van der Waals surface area contributed by atoms with Gasteiger partial charge in [0.05, 0.1) is 19.3 Å². The summed E-state index contributed by atoms with van der Waals surface area (Å²) in [4.78, 5) is 13.4. The standard InChI is InChI=1S/C17H29N3O4S/c1-14(21)18-10-9-15-6-4-5-11-20(15)13-17-8-7-16(24-17)12-19(2)25(3,22)23/h7-8,15H,4-6,9-13H2,1-3H3,(H,18,21)/t15-/m1/s1. The number of hydrogen-bond acceptors (Lipinski definition) is 5. The van der Waals surface area contributed by atoms with Crippen LogP contribution in [0.3, 0.4) is 0 Å². The summed E-state index contributed by atoms with van der Waals surface area (Å²) < 4.78 is 30.1. The smallest absolute Gasteiger partial charge is 0.216 e. The molecule has 0 aliphatic carbocycles. The van der Waals surface area contributed by atoms with E-state index in [1.165, 1.54) is 30.3 Å². The molecule has 1 aromatic rings. The summed E-state index contributed by atoms with van der Waals surface area (Å²) in [6.07, 6.45) is 5.63. The fourth-order valence-corrected chi connectivity index (χ4v) is 3.50. The molecule has 0 radical (unpaired) electrons. The van der Waals surface area contributed by atoms with E-state index in [9.17, 15) is 13.2 Å². The van der Waals surface area contributed by atoms with E-state index in [0.717, 1.165) is 25.1 Å². The number of furan rings is 1. The molecule has 1 aliphatic heterocycles. The van der Waals surface area contributed by atoms with Crippen molar-refractivity contribution in [3.05, 3.63) is 23.7 Å². The third-order valence-electron chi connectivity index (χ3n) is 4.62. The van der Waals surface area contributed by atoms with Crippen LogP contribution in [0, 0.1) is 0 Å². The molecule has 2 rings (SSSR count). The van der Waals surface area contributed by atoms with Gasteiger partial charge in [0.1, 0.15) is 11.5 Å². The summed E-state index contributed by atoms with van der Waals surface area (Å²) in [5.41, 5.74) is 0. The van der Waals surface area contributed by atoms with Crippen LogP contribution in [-0.2, 0) is 27.9 Å². The van der Waals surface area contributed by atoms with E-state index in [4.69, 9.17) is 4.42 Å². The van der Waals surface area contributed by atoms with E-state index in [2.05, 4.69) is 10.2 Å². The monoisotopic (exact) mass is 371 g/mol. The highest BCUT2D eigenvalue weighted by molar-refractivity contribution is 7.88. The molecule has 0 saturated carbocycles. The van der Waals surface area contributed by atoms with Gasteiger partial charge in [-0.3, -0.25) is 9.69 Å². The maximum Gasteiger partial charge on any atom is 0.216 e. The highest BCUT2D eigenvalue weighted by atomic mass is 32.2. The molecular weight excluding hydrogens is 342 g/mol. The van der Waals surface area contributed by atoms with E-state index in [1.54, 1.807) is 7.05 Å². The average molecular weight is 372 g/mol. The van der Waals surface area contributed by atoms with Crippen LogP contribution in [0.15, 0.2) is 16.5 Å². The molecule has 0 bridgehead atoms. The fraction of sp³-hybridized carbons (Fsp3) is 0.706. The minimum atomic E-state index is -3.22. The predicted molar refractivity (Wildman–Crippen MR) is 96.4 cm³/mol. The van der Waals surface area contributed by atoms with Crippen LogP contribution in [0.5, 0.6) is 0 Å². The molecule has 1 aromatic heterocycles. The number of rotatable bonds is 8. The van der Waals surface area contributed by atoms with Gasteiger partial charge in [-0.2, -0.15) is 4.31 Å². The lowest BCUT2D eigenvalue weighted by Crippen LogP contribution is -2.40. The van der Waals surface area contributed by atoms with Gasteiger partial charge in [0.25, 0.3) is 0 Å². The highest BCUT2D eigenvalue weighted by Gasteiger charge is 2.23. The van der Waals surface area contributed by atoms with Crippen LogP contribution in [0.4, 0.5) is 0 Å². The van der Waals surface area contributed by atoms with E-state index >= 15 is 0 Å². The molecule has 0 unspecified atom stereocenters. The Bertz CT molecular complexity index is 671. The topological polar surface area (TPSA) is 82.9 Å². The maximum absolute atomic E-state index is 11.5. The van der Waals surface area contributed by atoms with Gasteiger partial charge >= 0.3 is 0 Å². The first kappa shape index (κ1) is 19.9. The minimum absolute atomic E-state index is 0.00744. The number of amides is 1. The second-order valence-electron chi connectivity index (χ2n) is 6.78. The zero-order chi connectivity index (χ0) is 18.4. The van der Waals surface area contributed by atoms with Gasteiger partial charge in [0.2, 0.25) is 15.9 Å². The maximum atomic E-state index is 11.5. The summed E-state index contributed by atoms with van der Waals surface area (Å²) in [5, 5.41) is 2.87. The quantitative estimate of drug-likeness (QED) is 0.750. The Morgan fingerprint density at radius 2 is 2.08 bits per heavy atom. The Kier molecular flexibility index (Phi) is 7.04. The Morgan fingerprint density at radius 1 is 1.36 bits per heavy atom. The molecule has 142 valence electrons. The highest BCUT2D eigenvalue weighted by Crippen LogP contribution is 2.23. The van der Waals surface area contributed by atoms with E-state index < -0.39 is 10.0 Å². The van der Waals surface area contributed by atoms with Crippen LogP contribution >= 0.6 is 0 Å². The van der Waals surface area contributed by atoms with Crippen LogP contribution in [0.25, 0.3) is 0 Å². The normalized spacial score (nSPS) is 19.3. The molecule has 0 aromatic carbocycles. The Morgan fingerprint density at radius 3 is 2.76 bits per heavy atom. The molecular formula is C17H29N3O4S. The SMILES string of the molecule is CC(=O)NCC[C@H]1CCCCN1Cc1ccc(CN(C)S(C)(=O)=O)o1. The lowest BCUT2D eigenvalue weighted by molar-refractivity contribution is -0.119. The lowest BCUT2D eigenvalue weighted by atomic mass is 9.99. The molecule has 7 nitrogen and oxygen atoms in total. The Hall–Kier alpha value is -1.38. The second kappa shape index (κ2) is 8.82. The van der Waals surface area contributed by atoms with Crippen molar-refractivity contribution in [1.82, 2.24) is 14.5 Å². The van der Waals surface area contributed by atoms with E-state index in [1.807, 2.05) is 12.1 Å². The number of carbonyl (C=O) groups excluding carboxylic acids is 1. The fourth-order valence-electron chi connectivity index (χ4n) is 3.14.